The number of rotatable bonds is 15. The molecule has 0 radical (unpaired) electrons. The number of aromatic amines is 1. The minimum Gasteiger partial charge on any atom is -0.335 e. The number of H-pyrrole nitrogens is 1. The Morgan fingerprint density at radius 1 is 0.703 bits per heavy atom. The van der Waals surface area contributed by atoms with Gasteiger partial charge >= 0.3 is 5.97 Å². The normalized spacial score (nSPS) is 15.4. The average molecular weight is 1060 g/mol. The number of imidazole rings is 2. The van der Waals surface area contributed by atoms with Crippen LogP contribution in [0.25, 0.3) is 56.2 Å². The molecule has 378 valence electrons. The SMILES string of the molecule is O=C(ON(CC(C1CCCCC1)n1c(-c2ccc(Cl)cc2)nc2cc(F)c(F)cc21)c1ccc(-c2nn[nH]n2)cc1)c1ccc(SCCC2(n3c(-c4ccc(Cl)cc4)nc4cc(F)c(F)cc43)CCCCC2)cc1. The van der Waals surface area contributed by atoms with Crippen LogP contribution >= 0.6 is 35.0 Å². The van der Waals surface area contributed by atoms with Gasteiger partial charge in [-0.05, 0) is 140 Å². The minimum absolute atomic E-state index is 0.0462. The summed E-state index contributed by atoms with van der Waals surface area (Å²) in [5.74, 6) is -2.18. The van der Waals surface area contributed by atoms with Crippen molar-refractivity contribution in [1.82, 2.24) is 39.7 Å². The summed E-state index contributed by atoms with van der Waals surface area (Å²) in [6.45, 7) is 0.131. The number of aromatic nitrogens is 8. The van der Waals surface area contributed by atoms with Crippen molar-refractivity contribution >= 4 is 68.7 Å². The Labute approximate surface area is 438 Å². The number of hydroxylamine groups is 1. The Balaban J connectivity index is 0.888. The van der Waals surface area contributed by atoms with Gasteiger partial charge < -0.3 is 14.0 Å². The molecule has 0 saturated heterocycles. The Hall–Kier alpha value is -6.75. The number of benzene rings is 6. The third kappa shape index (κ3) is 10.1. The van der Waals surface area contributed by atoms with Gasteiger partial charge in [0.15, 0.2) is 23.3 Å². The van der Waals surface area contributed by atoms with E-state index in [2.05, 4.69) is 25.2 Å². The molecule has 2 aliphatic rings. The lowest BCUT2D eigenvalue weighted by Gasteiger charge is -2.40. The molecule has 2 fully saturated rings. The molecule has 2 saturated carbocycles. The molecule has 0 spiro atoms. The first-order valence-electron chi connectivity index (χ1n) is 24.8. The predicted octanol–water partition coefficient (Wildman–Crippen LogP) is 15.0. The molecule has 74 heavy (non-hydrogen) atoms. The molecule has 1 atom stereocenters. The highest BCUT2D eigenvalue weighted by molar-refractivity contribution is 7.99. The summed E-state index contributed by atoms with van der Waals surface area (Å²) in [6, 6.07) is 33.4. The van der Waals surface area contributed by atoms with Gasteiger partial charge in [0, 0.05) is 67.2 Å². The van der Waals surface area contributed by atoms with Gasteiger partial charge in [0.05, 0.1) is 45.9 Å². The summed E-state index contributed by atoms with van der Waals surface area (Å²) in [4.78, 5) is 31.6. The van der Waals surface area contributed by atoms with E-state index in [0.29, 0.717) is 77.7 Å². The number of halogens is 6. The minimum atomic E-state index is -1.00. The number of nitrogens with one attached hydrogen (secondary N) is 1. The van der Waals surface area contributed by atoms with E-state index >= 15 is 8.78 Å². The Bertz CT molecular complexity index is 3440. The lowest BCUT2D eigenvalue weighted by Crippen LogP contribution is -2.37. The molecule has 2 aliphatic carbocycles. The Morgan fingerprint density at radius 3 is 1.91 bits per heavy atom. The van der Waals surface area contributed by atoms with Gasteiger partial charge in [0.2, 0.25) is 5.82 Å². The van der Waals surface area contributed by atoms with Crippen LogP contribution in [-0.4, -0.2) is 58.0 Å². The van der Waals surface area contributed by atoms with Crippen LogP contribution in [0.1, 0.15) is 87.0 Å². The van der Waals surface area contributed by atoms with Crippen molar-refractivity contribution in [1.29, 1.82) is 0 Å². The fourth-order valence-corrected chi connectivity index (χ4v) is 12.3. The van der Waals surface area contributed by atoms with Gasteiger partial charge in [0.25, 0.3) is 0 Å². The number of hydrogen-bond donors (Lipinski definition) is 1. The van der Waals surface area contributed by atoms with Crippen LogP contribution in [0, 0.1) is 29.2 Å². The summed E-state index contributed by atoms with van der Waals surface area (Å²) >= 11 is 14.3. The number of hydrogen-bond acceptors (Lipinski definition) is 9. The van der Waals surface area contributed by atoms with Crippen molar-refractivity contribution in [3.63, 3.8) is 0 Å². The maximum Gasteiger partial charge on any atom is 0.363 e. The highest BCUT2D eigenvalue weighted by atomic mass is 35.5. The van der Waals surface area contributed by atoms with E-state index in [1.54, 1.807) is 53.2 Å². The molecule has 3 aromatic heterocycles. The van der Waals surface area contributed by atoms with Crippen LogP contribution in [0.3, 0.4) is 0 Å². The maximum absolute atomic E-state index is 15.3. The Morgan fingerprint density at radius 2 is 1.27 bits per heavy atom. The quantitative estimate of drug-likeness (QED) is 0.0608. The van der Waals surface area contributed by atoms with Crippen LogP contribution < -0.4 is 5.06 Å². The van der Waals surface area contributed by atoms with Crippen LogP contribution in [-0.2, 0) is 10.4 Å². The van der Waals surface area contributed by atoms with Crippen molar-refractivity contribution in [2.45, 2.75) is 87.1 Å². The van der Waals surface area contributed by atoms with E-state index in [9.17, 15) is 13.6 Å². The van der Waals surface area contributed by atoms with Gasteiger partial charge in [-0.25, -0.2) is 37.4 Å². The first-order chi connectivity index (χ1) is 36.0. The second-order valence-electron chi connectivity index (χ2n) is 19.2. The number of thioether (sulfide) groups is 1. The lowest BCUT2D eigenvalue weighted by atomic mass is 9.79. The molecule has 0 aliphatic heterocycles. The highest BCUT2D eigenvalue weighted by Gasteiger charge is 2.38. The number of anilines is 1. The molecule has 6 aromatic carbocycles. The second kappa shape index (κ2) is 21.2. The van der Waals surface area contributed by atoms with E-state index in [4.69, 9.17) is 38.0 Å². The summed E-state index contributed by atoms with van der Waals surface area (Å²) < 4.78 is 64.0. The van der Waals surface area contributed by atoms with Crippen LogP contribution in [0.2, 0.25) is 10.0 Å². The summed E-state index contributed by atoms with van der Waals surface area (Å²) in [5, 5.41) is 17.1. The fourth-order valence-electron chi connectivity index (χ4n) is 11.0. The van der Waals surface area contributed by atoms with Gasteiger partial charge in [-0.15, -0.1) is 22.0 Å². The molecule has 0 bridgehead atoms. The van der Waals surface area contributed by atoms with Crippen LogP contribution in [0.15, 0.2) is 126 Å². The first kappa shape index (κ1) is 49.5. The molecular formula is C56H49Cl2F4N9O2S. The molecule has 0 amide bonds. The number of carbonyl (C=O) groups excluding carboxylic acids is 1. The number of fused-ring (bicyclic) bond motifs is 2. The predicted molar refractivity (Wildman–Crippen MR) is 281 cm³/mol. The third-order valence-electron chi connectivity index (χ3n) is 14.6. The van der Waals surface area contributed by atoms with Crippen molar-refractivity contribution in [2.24, 2.45) is 5.92 Å². The summed E-state index contributed by atoms with van der Waals surface area (Å²) in [7, 11) is 0. The second-order valence-corrected chi connectivity index (χ2v) is 21.2. The van der Waals surface area contributed by atoms with Crippen molar-refractivity contribution < 1.29 is 27.2 Å². The van der Waals surface area contributed by atoms with E-state index in [-0.39, 0.29) is 12.5 Å². The van der Waals surface area contributed by atoms with Gasteiger partial charge in [0.1, 0.15) is 11.6 Å². The van der Waals surface area contributed by atoms with Gasteiger partial charge in [-0.3, -0.25) is 0 Å². The summed E-state index contributed by atoms with van der Waals surface area (Å²) in [6.07, 6.45) is 10.2. The Kier molecular flexibility index (Phi) is 14.2. The topological polar surface area (TPSA) is 120 Å². The largest absolute Gasteiger partial charge is 0.363 e. The maximum atomic E-state index is 15.3. The fraction of sp³-hybridized carbons (Fsp3) is 0.286. The molecular weight excluding hydrogens is 1010 g/mol. The van der Waals surface area contributed by atoms with E-state index in [1.165, 1.54) is 18.2 Å². The van der Waals surface area contributed by atoms with E-state index in [1.807, 2.05) is 65.2 Å². The average Bonchev–Trinajstić information content (AvgIpc) is 4.18. The molecule has 18 heteroatoms. The molecule has 9 aromatic rings. The van der Waals surface area contributed by atoms with Gasteiger partial charge in [-0.2, -0.15) is 5.21 Å². The zero-order valence-electron chi connectivity index (χ0n) is 40.0. The first-order valence-corrected chi connectivity index (χ1v) is 26.6. The number of tetrazole rings is 1. The molecule has 11 nitrogen and oxygen atoms in total. The lowest BCUT2D eigenvalue weighted by molar-refractivity contribution is 0.0420. The van der Waals surface area contributed by atoms with Crippen molar-refractivity contribution in [2.75, 3.05) is 17.4 Å². The van der Waals surface area contributed by atoms with E-state index < -0.39 is 40.8 Å². The zero-order chi connectivity index (χ0) is 50.9. The number of carbonyl (C=O) groups is 1. The third-order valence-corrected chi connectivity index (χ3v) is 16.2. The van der Waals surface area contributed by atoms with Crippen molar-refractivity contribution in [3.05, 3.63) is 160 Å². The van der Waals surface area contributed by atoms with Gasteiger partial charge in [-0.1, -0.05) is 61.7 Å². The smallest absolute Gasteiger partial charge is 0.335 e. The zero-order valence-corrected chi connectivity index (χ0v) is 42.3. The van der Waals surface area contributed by atoms with Crippen LogP contribution in [0.4, 0.5) is 23.2 Å². The summed E-state index contributed by atoms with van der Waals surface area (Å²) in [5.41, 5.74) is 4.30. The molecule has 11 rings (SSSR count). The highest BCUT2D eigenvalue weighted by Crippen LogP contribution is 2.45. The molecule has 3 heterocycles. The molecule has 1 N–H and O–H groups in total. The van der Waals surface area contributed by atoms with Crippen molar-refractivity contribution in [3.8, 4) is 34.2 Å². The standard InChI is InChI=1S/C56H49Cl2F4N9O2S/c57-39-17-9-36(10-18-39)53-63-47-29-43(59)45(61)31-49(47)70(53)51(34-7-3-1-4-8-34)33-69(41-21-13-35(14-22-41)52-65-67-68-66-52)73-55(72)38-15-23-42(24-16-38)74-28-27-56(25-5-2-6-26-56)71-50-32-46(62)44(60)30-48(50)64-54(71)37-11-19-40(58)20-12-37/h9-24,29-32,34,51H,1-8,25-28,33H2,(H,65,66,67,68). The molecule has 1 unspecified atom stereocenters. The van der Waals surface area contributed by atoms with E-state index in [0.717, 1.165) is 87.2 Å². The number of nitrogens with zero attached hydrogens (tertiary/aromatic N) is 8. The van der Waals surface area contributed by atoms with Crippen LogP contribution in [0.5, 0.6) is 0 Å². The monoisotopic (exact) mass is 1060 g/mol.